The highest BCUT2D eigenvalue weighted by Gasteiger charge is 2.45. The molecule has 2 heterocycles. The van der Waals surface area contributed by atoms with Crippen LogP contribution in [0.1, 0.15) is 26.0 Å². The van der Waals surface area contributed by atoms with Crippen LogP contribution in [0.25, 0.3) is 0 Å². The summed E-state index contributed by atoms with van der Waals surface area (Å²) in [5.74, 6) is 1.97. The van der Waals surface area contributed by atoms with Crippen LogP contribution in [0.4, 0.5) is 0 Å². The van der Waals surface area contributed by atoms with Gasteiger partial charge in [0.25, 0.3) is 0 Å². The molecule has 2 rings (SSSR count). The molecule has 1 unspecified atom stereocenters. The van der Waals surface area contributed by atoms with Crippen molar-refractivity contribution in [2.45, 2.75) is 32.3 Å². The van der Waals surface area contributed by atoms with Crippen LogP contribution in [-0.4, -0.2) is 32.0 Å². The van der Waals surface area contributed by atoms with Crippen molar-refractivity contribution in [3.63, 3.8) is 0 Å². The van der Waals surface area contributed by atoms with E-state index in [-0.39, 0.29) is 5.41 Å². The van der Waals surface area contributed by atoms with Gasteiger partial charge in [0, 0.05) is 25.4 Å². The van der Waals surface area contributed by atoms with E-state index in [1.54, 1.807) is 4.68 Å². The fourth-order valence-electron chi connectivity index (χ4n) is 2.14. The Hall–Kier alpha value is -0.480. The van der Waals surface area contributed by atoms with E-state index in [0.717, 1.165) is 23.6 Å². The van der Waals surface area contributed by atoms with Crippen molar-refractivity contribution >= 4 is 11.8 Å². The molecule has 1 N–H and O–H groups in total. The average molecular weight is 240 g/mol. The lowest BCUT2D eigenvalue weighted by molar-refractivity contribution is -0.0520. The molecule has 0 aliphatic carbocycles. The van der Waals surface area contributed by atoms with E-state index < -0.39 is 5.60 Å². The fourth-order valence-corrected chi connectivity index (χ4v) is 3.77. The summed E-state index contributed by atoms with van der Waals surface area (Å²) in [5, 5.41) is 15.2. The molecule has 0 saturated carbocycles. The first-order valence-electron chi connectivity index (χ1n) is 5.72. The van der Waals surface area contributed by atoms with Crippen molar-refractivity contribution in [2.24, 2.45) is 12.5 Å². The molecule has 1 aliphatic heterocycles. The van der Waals surface area contributed by atoms with E-state index in [4.69, 9.17) is 0 Å². The smallest absolute Gasteiger partial charge is 0.0844 e. The van der Waals surface area contributed by atoms with Crippen molar-refractivity contribution in [3.05, 3.63) is 18.0 Å². The Morgan fingerprint density at radius 3 is 2.88 bits per heavy atom. The van der Waals surface area contributed by atoms with Crippen LogP contribution in [0.2, 0.25) is 0 Å². The monoisotopic (exact) mass is 240 g/mol. The number of aromatic nitrogens is 2. The Morgan fingerprint density at radius 1 is 1.56 bits per heavy atom. The van der Waals surface area contributed by atoms with Crippen molar-refractivity contribution < 1.29 is 5.11 Å². The maximum Gasteiger partial charge on any atom is 0.0844 e. The molecule has 1 aromatic heterocycles. The topological polar surface area (TPSA) is 38.0 Å². The summed E-state index contributed by atoms with van der Waals surface area (Å²) in [6.07, 6.45) is 3.66. The second-order valence-corrected chi connectivity index (χ2v) is 6.48. The molecule has 16 heavy (non-hydrogen) atoms. The van der Waals surface area contributed by atoms with Crippen molar-refractivity contribution in [1.29, 1.82) is 0 Å². The third-order valence-electron chi connectivity index (χ3n) is 3.71. The Kier molecular flexibility index (Phi) is 3.05. The van der Waals surface area contributed by atoms with E-state index in [1.165, 1.54) is 0 Å². The second kappa shape index (κ2) is 4.08. The third-order valence-corrected chi connectivity index (χ3v) is 4.89. The van der Waals surface area contributed by atoms with Gasteiger partial charge in [-0.3, -0.25) is 4.68 Å². The zero-order valence-corrected chi connectivity index (χ0v) is 11.0. The van der Waals surface area contributed by atoms with E-state index >= 15 is 0 Å². The summed E-state index contributed by atoms with van der Waals surface area (Å²) in [6.45, 7) is 4.32. The normalized spacial score (nSPS) is 29.2. The Morgan fingerprint density at radius 2 is 2.31 bits per heavy atom. The molecule has 3 nitrogen and oxygen atoms in total. The molecule has 0 amide bonds. The highest BCUT2D eigenvalue weighted by Crippen LogP contribution is 2.43. The number of hydrogen-bond acceptors (Lipinski definition) is 3. The summed E-state index contributed by atoms with van der Waals surface area (Å²) in [7, 11) is 1.91. The number of hydrogen-bond donors (Lipinski definition) is 1. The summed E-state index contributed by atoms with van der Waals surface area (Å²) in [5.41, 5.74) is 0.348. The number of aryl methyl sites for hydroxylation is 1. The molecular weight excluding hydrogens is 220 g/mol. The molecule has 0 radical (unpaired) electrons. The van der Waals surface area contributed by atoms with Crippen LogP contribution in [-0.2, 0) is 13.5 Å². The first-order chi connectivity index (χ1) is 7.43. The largest absolute Gasteiger partial charge is 0.388 e. The molecule has 0 aromatic carbocycles. The third kappa shape index (κ3) is 2.13. The van der Waals surface area contributed by atoms with Gasteiger partial charge in [0.2, 0.25) is 0 Å². The van der Waals surface area contributed by atoms with Gasteiger partial charge in [-0.2, -0.15) is 16.9 Å². The lowest BCUT2D eigenvalue weighted by Crippen LogP contribution is -2.51. The average Bonchev–Trinajstić information content (AvgIpc) is 2.57. The molecular formula is C12H20N2OS. The Balaban J connectivity index is 2.17. The fraction of sp³-hybridized carbons (Fsp3) is 0.750. The van der Waals surface area contributed by atoms with Gasteiger partial charge in [-0.05, 0) is 23.7 Å². The van der Waals surface area contributed by atoms with Crippen LogP contribution in [0.3, 0.4) is 0 Å². The molecule has 90 valence electrons. The predicted octanol–water partition coefficient (Wildman–Crippen LogP) is 1.86. The molecule has 0 bridgehead atoms. The number of nitrogens with zero attached hydrogens (tertiary/aromatic N) is 2. The number of aliphatic hydroxyl groups is 1. The summed E-state index contributed by atoms with van der Waals surface area (Å²) in [6, 6.07) is 1.99. The summed E-state index contributed by atoms with van der Waals surface area (Å²) in [4.78, 5) is 0. The SMILES string of the molecule is Cn1ccc(CC2(O)CSCCC2(C)C)n1. The van der Waals surface area contributed by atoms with Crippen LogP contribution in [0.15, 0.2) is 12.3 Å². The number of thioether (sulfide) groups is 1. The van der Waals surface area contributed by atoms with Crippen LogP contribution < -0.4 is 0 Å². The van der Waals surface area contributed by atoms with E-state index in [9.17, 15) is 5.11 Å². The van der Waals surface area contributed by atoms with Crippen molar-refractivity contribution in [3.8, 4) is 0 Å². The summed E-state index contributed by atoms with van der Waals surface area (Å²) < 4.78 is 1.79. The van der Waals surface area contributed by atoms with E-state index in [2.05, 4.69) is 18.9 Å². The lowest BCUT2D eigenvalue weighted by atomic mass is 9.71. The number of rotatable bonds is 2. The van der Waals surface area contributed by atoms with Gasteiger partial charge in [0.05, 0.1) is 11.3 Å². The molecule has 1 aliphatic rings. The Bertz CT molecular complexity index is 375. The second-order valence-electron chi connectivity index (χ2n) is 5.38. The van der Waals surface area contributed by atoms with Crippen LogP contribution in [0, 0.1) is 5.41 Å². The first kappa shape index (κ1) is 12.0. The van der Waals surface area contributed by atoms with Crippen LogP contribution >= 0.6 is 11.8 Å². The molecule has 1 saturated heterocycles. The van der Waals surface area contributed by atoms with Crippen molar-refractivity contribution in [2.75, 3.05) is 11.5 Å². The maximum absolute atomic E-state index is 10.8. The van der Waals surface area contributed by atoms with Gasteiger partial charge in [-0.25, -0.2) is 0 Å². The highest BCUT2D eigenvalue weighted by molar-refractivity contribution is 7.99. The quantitative estimate of drug-likeness (QED) is 0.857. The molecule has 1 fully saturated rings. The molecule has 0 spiro atoms. The molecule has 1 atom stereocenters. The van der Waals surface area contributed by atoms with Gasteiger partial charge in [-0.15, -0.1) is 0 Å². The minimum atomic E-state index is -0.621. The van der Waals surface area contributed by atoms with Gasteiger partial charge in [-0.1, -0.05) is 13.8 Å². The minimum Gasteiger partial charge on any atom is -0.388 e. The zero-order valence-electron chi connectivity index (χ0n) is 10.2. The molecule has 1 aromatic rings. The zero-order chi connectivity index (χ0) is 11.8. The summed E-state index contributed by atoms with van der Waals surface area (Å²) >= 11 is 1.85. The lowest BCUT2D eigenvalue weighted by Gasteiger charge is -2.46. The predicted molar refractivity (Wildman–Crippen MR) is 67.6 cm³/mol. The van der Waals surface area contributed by atoms with Gasteiger partial charge >= 0.3 is 0 Å². The van der Waals surface area contributed by atoms with E-state index in [1.807, 2.05) is 31.1 Å². The molecule has 4 heteroatoms. The first-order valence-corrected chi connectivity index (χ1v) is 6.87. The van der Waals surface area contributed by atoms with Gasteiger partial charge in [0.15, 0.2) is 0 Å². The van der Waals surface area contributed by atoms with Gasteiger partial charge < -0.3 is 5.11 Å². The van der Waals surface area contributed by atoms with Gasteiger partial charge in [0.1, 0.15) is 0 Å². The van der Waals surface area contributed by atoms with Crippen molar-refractivity contribution in [1.82, 2.24) is 9.78 Å². The minimum absolute atomic E-state index is 0.0181. The van der Waals surface area contributed by atoms with E-state index in [0.29, 0.717) is 6.42 Å². The van der Waals surface area contributed by atoms with Crippen LogP contribution in [0.5, 0.6) is 0 Å². The highest BCUT2D eigenvalue weighted by atomic mass is 32.2. The maximum atomic E-state index is 10.8. The Labute approximate surface area is 101 Å². The standard InChI is InChI=1S/C12H20N2OS/c1-11(2)5-7-16-9-12(11,15)8-10-4-6-14(3)13-10/h4,6,15H,5,7-9H2,1-3H3.